The summed E-state index contributed by atoms with van der Waals surface area (Å²) in [6.07, 6.45) is 2.55. The number of hydrazine groups is 1. The predicted molar refractivity (Wildman–Crippen MR) is 108 cm³/mol. The van der Waals surface area contributed by atoms with Crippen molar-refractivity contribution in [3.05, 3.63) is 72.3 Å². The van der Waals surface area contributed by atoms with Gasteiger partial charge in [0.1, 0.15) is 18.1 Å². The summed E-state index contributed by atoms with van der Waals surface area (Å²) in [5, 5.41) is 0. The summed E-state index contributed by atoms with van der Waals surface area (Å²) in [7, 11) is 0. The summed E-state index contributed by atoms with van der Waals surface area (Å²) in [4.78, 5) is 24.6. The number of carbonyl (C=O) groups is 2. The van der Waals surface area contributed by atoms with Crippen LogP contribution in [0.4, 0.5) is 0 Å². The van der Waals surface area contributed by atoms with Gasteiger partial charge >= 0.3 is 0 Å². The van der Waals surface area contributed by atoms with Crippen molar-refractivity contribution in [2.24, 2.45) is 5.92 Å². The first-order valence-electron chi connectivity index (χ1n) is 9.17. The van der Waals surface area contributed by atoms with E-state index in [1.54, 1.807) is 54.6 Å². The average Bonchev–Trinajstić information content (AvgIpc) is 2.70. The second-order valence-electron chi connectivity index (χ2n) is 6.56. The lowest BCUT2D eigenvalue weighted by atomic mass is 10.1. The van der Waals surface area contributed by atoms with E-state index in [4.69, 9.17) is 9.47 Å². The molecule has 0 aliphatic rings. The van der Waals surface area contributed by atoms with E-state index in [-0.39, 0.29) is 6.61 Å². The number of hydrogen-bond acceptors (Lipinski definition) is 4. The van der Waals surface area contributed by atoms with Crippen molar-refractivity contribution in [2.45, 2.75) is 20.3 Å². The maximum Gasteiger partial charge on any atom is 0.273 e. The Balaban J connectivity index is 1.89. The van der Waals surface area contributed by atoms with Crippen LogP contribution in [-0.4, -0.2) is 25.0 Å². The zero-order chi connectivity index (χ0) is 20.4. The SMILES string of the molecule is C=CCOc1ccccc1C(=O)NNC(=O)c1ccc(OCCC(C)C)cc1. The van der Waals surface area contributed by atoms with E-state index in [0.717, 1.165) is 6.42 Å². The third-order valence-corrected chi connectivity index (χ3v) is 3.86. The van der Waals surface area contributed by atoms with E-state index >= 15 is 0 Å². The summed E-state index contributed by atoms with van der Waals surface area (Å²) in [6, 6.07) is 13.5. The quantitative estimate of drug-likeness (QED) is 0.511. The zero-order valence-corrected chi connectivity index (χ0v) is 16.2. The van der Waals surface area contributed by atoms with Gasteiger partial charge in [-0.2, -0.15) is 0 Å². The van der Waals surface area contributed by atoms with Crippen molar-refractivity contribution in [3.63, 3.8) is 0 Å². The summed E-state index contributed by atoms with van der Waals surface area (Å²) in [6.45, 7) is 8.76. The molecule has 6 heteroatoms. The second kappa shape index (κ2) is 10.8. The van der Waals surface area contributed by atoms with Crippen molar-refractivity contribution in [2.75, 3.05) is 13.2 Å². The normalized spacial score (nSPS) is 10.2. The van der Waals surface area contributed by atoms with Crippen LogP contribution in [0.3, 0.4) is 0 Å². The van der Waals surface area contributed by atoms with E-state index in [1.165, 1.54) is 0 Å². The predicted octanol–water partition coefficient (Wildman–Crippen LogP) is 3.75. The molecule has 0 atom stereocenters. The van der Waals surface area contributed by atoms with E-state index < -0.39 is 11.8 Å². The van der Waals surface area contributed by atoms with Gasteiger partial charge in [-0.25, -0.2) is 0 Å². The summed E-state index contributed by atoms with van der Waals surface area (Å²) >= 11 is 0. The number of carbonyl (C=O) groups excluding carboxylic acids is 2. The number of ether oxygens (including phenoxy) is 2. The fraction of sp³-hybridized carbons (Fsp3) is 0.273. The molecule has 0 fully saturated rings. The molecule has 148 valence electrons. The smallest absolute Gasteiger partial charge is 0.273 e. The highest BCUT2D eigenvalue weighted by Crippen LogP contribution is 2.17. The van der Waals surface area contributed by atoms with Crippen LogP contribution in [0.5, 0.6) is 11.5 Å². The van der Waals surface area contributed by atoms with Gasteiger partial charge in [0.05, 0.1) is 12.2 Å². The van der Waals surface area contributed by atoms with Gasteiger partial charge in [0.25, 0.3) is 11.8 Å². The Morgan fingerprint density at radius 1 is 1.00 bits per heavy atom. The van der Waals surface area contributed by atoms with Crippen LogP contribution in [0.2, 0.25) is 0 Å². The van der Waals surface area contributed by atoms with Crippen LogP contribution in [-0.2, 0) is 0 Å². The summed E-state index contributed by atoms with van der Waals surface area (Å²) in [5.41, 5.74) is 5.53. The molecule has 2 aromatic rings. The molecule has 0 aliphatic heterocycles. The molecule has 2 aromatic carbocycles. The Hall–Kier alpha value is -3.28. The molecular formula is C22H26N2O4. The van der Waals surface area contributed by atoms with Gasteiger partial charge in [-0.15, -0.1) is 0 Å². The van der Waals surface area contributed by atoms with Gasteiger partial charge in [0, 0.05) is 5.56 Å². The number of para-hydroxylation sites is 1. The third kappa shape index (κ3) is 6.46. The fourth-order valence-corrected chi connectivity index (χ4v) is 2.30. The molecule has 0 radical (unpaired) electrons. The Morgan fingerprint density at radius 2 is 1.68 bits per heavy atom. The van der Waals surface area contributed by atoms with E-state index in [1.807, 2.05) is 0 Å². The van der Waals surface area contributed by atoms with Crippen LogP contribution in [0, 0.1) is 5.92 Å². The Bertz CT molecular complexity index is 800. The van der Waals surface area contributed by atoms with Gasteiger partial charge in [0.15, 0.2) is 0 Å². The molecule has 28 heavy (non-hydrogen) atoms. The lowest BCUT2D eigenvalue weighted by Gasteiger charge is -2.12. The standard InChI is InChI=1S/C22H26N2O4/c1-4-14-28-20-8-6-5-7-19(20)22(26)24-23-21(25)17-9-11-18(12-10-17)27-15-13-16(2)3/h4-12,16H,1,13-15H2,2-3H3,(H,23,25)(H,24,26). The first kappa shape index (κ1) is 21.0. The van der Waals surface area contributed by atoms with Crippen molar-refractivity contribution >= 4 is 11.8 Å². The van der Waals surface area contributed by atoms with Crippen LogP contribution in [0.25, 0.3) is 0 Å². The molecule has 0 bridgehead atoms. The highest BCUT2D eigenvalue weighted by Gasteiger charge is 2.13. The lowest BCUT2D eigenvalue weighted by Crippen LogP contribution is -2.41. The van der Waals surface area contributed by atoms with Gasteiger partial charge in [-0.3, -0.25) is 20.4 Å². The van der Waals surface area contributed by atoms with Crippen LogP contribution >= 0.6 is 0 Å². The molecule has 0 unspecified atom stereocenters. The molecule has 0 spiro atoms. The molecule has 0 heterocycles. The molecule has 0 aliphatic carbocycles. The van der Waals surface area contributed by atoms with E-state index in [2.05, 4.69) is 31.3 Å². The molecule has 0 aromatic heterocycles. The van der Waals surface area contributed by atoms with E-state index in [0.29, 0.717) is 35.2 Å². The first-order valence-corrected chi connectivity index (χ1v) is 9.17. The van der Waals surface area contributed by atoms with Gasteiger partial charge < -0.3 is 9.47 Å². The van der Waals surface area contributed by atoms with Crippen molar-refractivity contribution in [3.8, 4) is 11.5 Å². The third-order valence-electron chi connectivity index (χ3n) is 3.86. The maximum atomic E-state index is 12.3. The molecule has 2 N–H and O–H groups in total. The van der Waals surface area contributed by atoms with Gasteiger partial charge in [-0.1, -0.05) is 38.6 Å². The second-order valence-corrected chi connectivity index (χ2v) is 6.56. The van der Waals surface area contributed by atoms with Crippen molar-refractivity contribution in [1.82, 2.24) is 10.9 Å². The van der Waals surface area contributed by atoms with Crippen LogP contribution < -0.4 is 20.3 Å². The summed E-state index contributed by atoms with van der Waals surface area (Å²) < 4.78 is 11.1. The number of benzene rings is 2. The topological polar surface area (TPSA) is 76.7 Å². The first-order chi connectivity index (χ1) is 13.5. The molecule has 2 amide bonds. The Kier molecular flexibility index (Phi) is 8.09. The van der Waals surface area contributed by atoms with Crippen LogP contribution in [0.1, 0.15) is 41.0 Å². The minimum absolute atomic E-state index is 0.280. The minimum Gasteiger partial charge on any atom is -0.494 e. The fourth-order valence-electron chi connectivity index (χ4n) is 2.30. The molecule has 6 nitrogen and oxygen atoms in total. The summed E-state index contributed by atoms with van der Waals surface area (Å²) in [5.74, 6) is 0.792. The Labute approximate surface area is 165 Å². The highest BCUT2D eigenvalue weighted by atomic mass is 16.5. The monoisotopic (exact) mass is 382 g/mol. The largest absolute Gasteiger partial charge is 0.494 e. The van der Waals surface area contributed by atoms with Gasteiger partial charge in [0.2, 0.25) is 0 Å². The molecular weight excluding hydrogens is 356 g/mol. The van der Waals surface area contributed by atoms with E-state index in [9.17, 15) is 9.59 Å². The number of amides is 2. The molecule has 0 saturated carbocycles. The van der Waals surface area contributed by atoms with Gasteiger partial charge in [-0.05, 0) is 48.7 Å². The minimum atomic E-state index is -0.471. The zero-order valence-electron chi connectivity index (χ0n) is 16.2. The number of nitrogens with one attached hydrogen (secondary N) is 2. The maximum absolute atomic E-state index is 12.3. The van der Waals surface area contributed by atoms with Crippen LogP contribution in [0.15, 0.2) is 61.2 Å². The highest BCUT2D eigenvalue weighted by molar-refractivity contribution is 6.00. The lowest BCUT2D eigenvalue weighted by molar-refractivity contribution is 0.0844. The van der Waals surface area contributed by atoms with Crippen molar-refractivity contribution < 1.29 is 19.1 Å². The molecule has 2 rings (SSSR count). The van der Waals surface area contributed by atoms with Crippen molar-refractivity contribution in [1.29, 1.82) is 0 Å². The number of hydrogen-bond donors (Lipinski definition) is 2. The molecule has 0 saturated heterocycles. The Morgan fingerprint density at radius 3 is 2.36 bits per heavy atom. The number of rotatable bonds is 9. The average molecular weight is 382 g/mol.